The summed E-state index contributed by atoms with van der Waals surface area (Å²) in [5, 5.41) is 0. The minimum atomic E-state index is -0.352. The third-order valence-corrected chi connectivity index (χ3v) is 7.76. The van der Waals surface area contributed by atoms with E-state index in [0.717, 1.165) is 53.9 Å². The average Bonchev–Trinajstić information content (AvgIpc) is 3.59. The van der Waals surface area contributed by atoms with E-state index in [1.54, 1.807) is 7.11 Å². The molecule has 2 fully saturated rings. The zero-order chi connectivity index (χ0) is 23.8. The molecule has 0 radical (unpaired) electrons. The van der Waals surface area contributed by atoms with Crippen LogP contribution in [0.1, 0.15) is 58.9 Å². The summed E-state index contributed by atoms with van der Waals surface area (Å²) in [5.41, 5.74) is 2.86. The second-order valence-corrected chi connectivity index (χ2v) is 10.6. The summed E-state index contributed by atoms with van der Waals surface area (Å²) in [7, 11) is 1.67. The minimum Gasteiger partial charge on any atom is -0.497 e. The first kappa shape index (κ1) is 22.9. The van der Waals surface area contributed by atoms with Gasteiger partial charge in [-0.05, 0) is 85.8 Å². The molecule has 2 aliphatic carbocycles. The highest BCUT2D eigenvalue weighted by molar-refractivity contribution is 5.85. The van der Waals surface area contributed by atoms with Crippen molar-refractivity contribution in [3.05, 3.63) is 48.5 Å². The number of para-hydroxylation sites is 2. The van der Waals surface area contributed by atoms with Gasteiger partial charge in [0.1, 0.15) is 23.7 Å². The number of carbonyl (C=O) groups excluding carboxylic acids is 1. The molecule has 5 rings (SSSR count). The predicted molar refractivity (Wildman–Crippen MR) is 135 cm³/mol. The topological polar surface area (TPSA) is 53.4 Å². The number of methoxy groups -OCH3 is 1. The van der Waals surface area contributed by atoms with Gasteiger partial charge in [0, 0.05) is 5.56 Å². The second kappa shape index (κ2) is 9.44. The number of benzene rings is 2. The molecular formula is C29H36N2O3. The van der Waals surface area contributed by atoms with Crippen molar-refractivity contribution in [2.45, 2.75) is 65.0 Å². The van der Waals surface area contributed by atoms with E-state index < -0.39 is 0 Å². The first-order valence-electron chi connectivity index (χ1n) is 12.8. The van der Waals surface area contributed by atoms with Crippen LogP contribution < -0.4 is 4.74 Å². The van der Waals surface area contributed by atoms with E-state index in [1.807, 2.05) is 42.5 Å². The van der Waals surface area contributed by atoms with Crippen molar-refractivity contribution >= 4 is 17.0 Å². The maximum Gasteiger partial charge on any atom is 0.329 e. The molecule has 2 saturated carbocycles. The fourth-order valence-electron chi connectivity index (χ4n) is 5.66. The molecule has 2 unspecified atom stereocenters. The summed E-state index contributed by atoms with van der Waals surface area (Å²) < 4.78 is 13.9. The summed E-state index contributed by atoms with van der Waals surface area (Å²) in [6, 6.07) is 15.7. The fraction of sp³-hybridized carbons (Fsp3) is 0.517. The van der Waals surface area contributed by atoms with Crippen LogP contribution in [-0.4, -0.2) is 28.7 Å². The lowest BCUT2D eigenvalue weighted by Crippen LogP contribution is -2.38. The summed E-state index contributed by atoms with van der Waals surface area (Å²) in [6.07, 6.45) is 5.40. The Kier molecular flexibility index (Phi) is 6.37. The minimum absolute atomic E-state index is 0.00304. The molecular weight excluding hydrogens is 424 g/mol. The number of carbonyl (C=O) groups is 1. The Morgan fingerprint density at radius 2 is 1.76 bits per heavy atom. The van der Waals surface area contributed by atoms with Gasteiger partial charge >= 0.3 is 5.97 Å². The Balaban J connectivity index is 1.54. The van der Waals surface area contributed by atoms with Gasteiger partial charge in [-0.2, -0.15) is 0 Å². The van der Waals surface area contributed by atoms with Crippen LogP contribution in [0.3, 0.4) is 0 Å². The maximum atomic E-state index is 13.9. The zero-order valence-electron chi connectivity index (χ0n) is 20.7. The van der Waals surface area contributed by atoms with Gasteiger partial charge in [-0.25, -0.2) is 9.78 Å². The number of hydrogen-bond donors (Lipinski definition) is 0. The molecule has 5 heteroatoms. The lowest BCUT2D eigenvalue weighted by Gasteiger charge is -2.37. The molecule has 2 aromatic carbocycles. The summed E-state index contributed by atoms with van der Waals surface area (Å²) in [6.45, 7) is 6.79. The fourth-order valence-corrected chi connectivity index (χ4v) is 5.66. The van der Waals surface area contributed by atoms with Gasteiger partial charge in [0.15, 0.2) is 0 Å². The number of fused-ring (bicyclic) bond motifs is 1. The van der Waals surface area contributed by atoms with Crippen molar-refractivity contribution in [2.75, 3.05) is 7.11 Å². The highest BCUT2D eigenvalue weighted by atomic mass is 16.5. The van der Waals surface area contributed by atoms with Crippen molar-refractivity contribution < 1.29 is 14.3 Å². The second-order valence-electron chi connectivity index (χ2n) is 10.6. The summed E-state index contributed by atoms with van der Waals surface area (Å²) in [4.78, 5) is 18.9. The van der Waals surface area contributed by atoms with Crippen LogP contribution in [0.25, 0.3) is 22.4 Å². The van der Waals surface area contributed by atoms with Crippen LogP contribution in [0.4, 0.5) is 0 Å². The quantitative estimate of drug-likeness (QED) is 0.370. The number of hydrogen-bond acceptors (Lipinski definition) is 4. The normalized spacial score (nSPS) is 23.7. The Bertz CT molecular complexity index is 1150. The van der Waals surface area contributed by atoms with E-state index in [2.05, 4.69) is 31.4 Å². The van der Waals surface area contributed by atoms with Gasteiger partial charge in [0.05, 0.1) is 18.1 Å². The predicted octanol–water partition coefficient (Wildman–Crippen LogP) is 6.67. The third kappa shape index (κ3) is 4.45. The van der Waals surface area contributed by atoms with Gasteiger partial charge in [-0.1, -0.05) is 39.3 Å². The molecule has 2 aliphatic rings. The number of ether oxygens (including phenoxy) is 2. The molecule has 0 saturated heterocycles. The molecule has 0 amide bonds. The molecule has 0 spiro atoms. The highest BCUT2D eigenvalue weighted by Gasteiger charge is 2.43. The van der Waals surface area contributed by atoms with Crippen LogP contribution in [-0.2, 0) is 9.53 Å². The van der Waals surface area contributed by atoms with Crippen molar-refractivity contribution in [1.29, 1.82) is 0 Å². The lowest BCUT2D eigenvalue weighted by molar-refractivity contribution is -0.160. The molecule has 0 N–H and O–H groups in total. The number of imidazole rings is 1. The van der Waals surface area contributed by atoms with Crippen molar-refractivity contribution in [1.82, 2.24) is 9.55 Å². The molecule has 0 aliphatic heterocycles. The maximum absolute atomic E-state index is 13.9. The molecule has 1 aromatic heterocycles. The van der Waals surface area contributed by atoms with Gasteiger partial charge in [-0.15, -0.1) is 0 Å². The van der Waals surface area contributed by atoms with Gasteiger partial charge in [0.25, 0.3) is 0 Å². The summed E-state index contributed by atoms with van der Waals surface area (Å²) >= 11 is 0. The zero-order valence-corrected chi connectivity index (χ0v) is 20.7. The Morgan fingerprint density at radius 1 is 1.03 bits per heavy atom. The Labute approximate surface area is 202 Å². The molecule has 5 nitrogen and oxygen atoms in total. The molecule has 3 aromatic rings. The van der Waals surface area contributed by atoms with E-state index in [0.29, 0.717) is 23.7 Å². The van der Waals surface area contributed by atoms with Gasteiger partial charge < -0.3 is 14.0 Å². The standard InChI is InChI=1S/C29H36N2O3/c1-18(2)23-16-9-19(3)17-26(23)34-29(32)27(20-10-11-20)31-25-8-6-5-7-24(25)30-28(31)21-12-14-22(33-4)15-13-21/h5-8,12-15,18-20,23,26-27H,9-11,16-17H2,1-4H3/t19?,23?,26-,27-/m1/s1. The summed E-state index contributed by atoms with van der Waals surface area (Å²) in [5.74, 6) is 3.35. The highest BCUT2D eigenvalue weighted by Crippen LogP contribution is 2.45. The van der Waals surface area contributed by atoms with Crippen molar-refractivity contribution in [2.24, 2.45) is 23.7 Å². The van der Waals surface area contributed by atoms with Gasteiger partial charge in [-0.3, -0.25) is 0 Å². The van der Waals surface area contributed by atoms with Crippen molar-refractivity contribution in [3.63, 3.8) is 0 Å². The van der Waals surface area contributed by atoms with E-state index >= 15 is 0 Å². The van der Waals surface area contributed by atoms with Crippen LogP contribution in [0.15, 0.2) is 48.5 Å². The van der Waals surface area contributed by atoms with E-state index in [-0.39, 0.29) is 18.1 Å². The van der Waals surface area contributed by atoms with Crippen LogP contribution in [0, 0.1) is 23.7 Å². The lowest BCUT2D eigenvalue weighted by atomic mass is 9.75. The SMILES string of the molecule is COc1ccc(-c2nc3ccccc3n2[C@@H](C(=O)O[C@@H]2CC(C)CCC2C(C)C)C2CC2)cc1. The van der Waals surface area contributed by atoms with E-state index in [4.69, 9.17) is 14.5 Å². The third-order valence-electron chi connectivity index (χ3n) is 7.76. The van der Waals surface area contributed by atoms with Crippen molar-refractivity contribution in [3.8, 4) is 17.1 Å². The molecule has 0 bridgehead atoms. The monoisotopic (exact) mass is 460 g/mol. The van der Waals surface area contributed by atoms with Gasteiger partial charge in [0.2, 0.25) is 0 Å². The smallest absolute Gasteiger partial charge is 0.329 e. The molecule has 4 atom stereocenters. The Hall–Kier alpha value is -2.82. The average molecular weight is 461 g/mol. The molecule has 1 heterocycles. The van der Waals surface area contributed by atoms with Crippen LogP contribution in [0.5, 0.6) is 5.75 Å². The number of esters is 1. The number of aromatic nitrogens is 2. The van der Waals surface area contributed by atoms with Crippen LogP contribution >= 0.6 is 0 Å². The van der Waals surface area contributed by atoms with E-state index in [9.17, 15) is 4.79 Å². The van der Waals surface area contributed by atoms with E-state index in [1.165, 1.54) is 6.42 Å². The Morgan fingerprint density at radius 3 is 2.44 bits per heavy atom. The number of nitrogens with zero attached hydrogens (tertiary/aromatic N) is 2. The molecule has 34 heavy (non-hydrogen) atoms. The molecule has 180 valence electrons. The first-order chi connectivity index (χ1) is 16.5. The van der Waals surface area contributed by atoms with Crippen LogP contribution in [0.2, 0.25) is 0 Å². The first-order valence-corrected chi connectivity index (χ1v) is 12.8. The largest absolute Gasteiger partial charge is 0.497 e. The number of rotatable bonds is 7.